The van der Waals surface area contributed by atoms with Gasteiger partial charge in [-0.1, -0.05) is 11.6 Å². The normalized spacial score (nSPS) is 11.3. The van der Waals surface area contributed by atoms with Gasteiger partial charge < -0.3 is 23.9 Å². The molecule has 1 N–H and O–H groups in total. The number of carbonyl (C=O) groups is 1. The van der Waals surface area contributed by atoms with Gasteiger partial charge in [-0.25, -0.2) is 4.79 Å². The van der Waals surface area contributed by atoms with Crippen LogP contribution in [-0.2, 0) is 11.3 Å². The van der Waals surface area contributed by atoms with Crippen molar-refractivity contribution in [3.05, 3.63) is 51.9 Å². The topological polar surface area (TPSA) is 95.7 Å². The molecular weight excluding hydrogens is 454 g/mol. The van der Waals surface area contributed by atoms with E-state index in [-0.39, 0.29) is 4.91 Å². The highest BCUT2D eigenvalue weighted by Crippen LogP contribution is 2.38. The molecule has 0 saturated carbocycles. The minimum atomic E-state index is -1.12. The summed E-state index contributed by atoms with van der Waals surface area (Å²) < 4.78 is 17.9. The van der Waals surface area contributed by atoms with Crippen LogP contribution in [0, 0.1) is 0 Å². The third-order valence-electron chi connectivity index (χ3n) is 4.58. The van der Waals surface area contributed by atoms with Crippen LogP contribution in [0.3, 0.4) is 0 Å². The number of hydrogen-bond donors (Lipinski definition) is 1. The Kier molecular flexibility index (Phi) is 7.66. The molecule has 0 aliphatic rings. The quantitative estimate of drug-likeness (QED) is 0.346. The molecular formula is C22H22ClN3O5S. The summed E-state index contributed by atoms with van der Waals surface area (Å²) in [5, 5.41) is 19.4. The summed E-state index contributed by atoms with van der Waals surface area (Å²) in [5.41, 5.74) is 1.30. The van der Waals surface area contributed by atoms with Gasteiger partial charge in [0.05, 0.1) is 26.9 Å². The smallest absolute Gasteiger partial charge is 0.342 e. The average molecular weight is 476 g/mol. The Morgan fingerprint density at radius 3 is 2.22 bits per heavy atom. The molecule has 0 amide bonds. The Hall–Kier alpha value is -3.17. The van der Waals surface area contributed by atoms with Gasteiger partial charge in [-0.05, 0) is 49.0 Å². The molecule has 3 rings (SSSR count). The van der Waals surface area contributed by atoms with E-state index in [2.05, 4.69) is 10.2 Å². The molecule has 10 heteroatoms. The van der Waals surface area contributed by atoms with Crippen LogP contribution in [0.4, 0.5) is 0 Å². The van der Waals surface area contributed by atoms with Crippen LogP contribution in [0.25, 0.3) is 17.5 Å². The number of aliphatic carboxylic acids is 1. The first-order valence-electron chi connectivity index (χ1n) is 9.53. The molecule has 0 spiro atoms. The average Bonchev–Trinajstić information content (AvgIpc) is 3.21. The van der Waals surface area contributed by atoms with Gasteiger partial charge in [-0.15, -0.1) is 10.2 Å². The number of hydrogen-bond acceptors (Lipinski definition) is 7. The lowest BCUT2D eigenvalue weighted by Crippen LogP contribution is -2.03. The zero-order chi connectivity index (χ0) is 23.3. The van der Waals surface area contributed by atoms with Crippen molar-refractivity contribution in [2.24, 2.45) is 0 Å². The molecule has 32 heavy (non-hydrogen) atoms. The number of halogens is 1. The van der Waals surface area contributed by atoms with Gasteiger partial charge in [-0.3, -0.25) is 0 Å². The number of nitrogens with zero attached hydrogens (tertiary/aromatic N) is 3. The number of rotatable bonds is 9. The largest absolute Gasteiger partial charge is 0.496 e. The maximum Gasteiger partial charge on any atom is 0.342 e. The molecule has 8 nitrogen and oxygen atoms in total. The molecule has 0 fully saturated rings. The Labute approximate surface area is 194 Å². The van der Waals surface area contributed by atoms with Crippen LogP contribution in [0.2, 0.25) is 5.02 Å². The fraction of sp³-hybridized carbons (Fsp3) is 0.227. The second kappa shape index (κ2) is 10.4. The zero-order valence-corrected chi connectivity index (χ0v) is 19.5. The van der Waals surface area contributed by atoms with E-state index >= 15 is 0 Å². The first kappa shape index (κ1) is 23.5. The lowest BCUT2D eigenvalue weighted by molar-refractivity contribution is -0.131. The fourth-order valence-electron chi connectivity index (χ4n) is 3.00. The number of thioether (sulfide) groups is 1. The van der Waals surface area contributed by atoms with Crippen molar-refractivity contribution in [3.63, 3.8) is 0 Å². The molecule has 1 aromatic heterocycles. The first-order valence-corrected chi connectivity index (χ1v) is 10.7. The van der Waals surface area contributed by atoms with Gasteiger partial charge in [-0.2, -0.15) is 0 Å². The third-order valence-corrected chi connectivity index (χ3v) is 5.83. The summed E-state index contributed by atoms with van der Waals surface area (Å²) in [6, 6.07) is 10.5. The highest BCUT2D eigenvalue weighted by molar-refractivity contribution is 8.04. The molecule has 1 heterocycles. The standard InChI is InChI=1S/C22H22ClN3O5S/c1-5-26-20(13-6-8-14(23)9-7-13)24-25-22(26)32-19(21(27)28)12-16-17(30-3)10-15(29-2)11-18(16)31-4/h6-12H,5H2,1-4H3,(H,27,28)/b19-12-. The summed E-state index contributed by atoms with van der Waals surface area (Å²) >= 11 is 6.97. The monoisotopic (exact) mass is 475 g/mol. The van der Waals surface area contributed by atoms with Crippen molar-refractivity contribution in [3.8, 4) is 28.6 Å². The summed E-state index contributed by atoms with van der Waals surface area (Å²) in [6.45, 7) is 2.49. The van der Waals surface area contributed by atoms with Crippen molar-refractivity contribution in [1.82, 2.24) is 14.8 Å². The van der Waals surface area contributed by atoms with Gasteiger partial charge in [0.15, 0.2) is 11.0 Å². The van der Waals surface area contributed by atoms with E-state index in [1.54, 1.807) is 24.3 Å². The Morgan fingerprint density at radius 1 is 1.09 bits per heavy atom. The molecule has 168 valence electrons. The molecule has 0 unspecified atom stereocenters. The summed E-state index contributed by atoms with van der Waals surface area (Å²) in [7, 11) is 4.51. The number of aromatic nitrogens is 3. The van der Waals surface area contributed by atoms with Gasteiger partial charge >= 0.3 is 5.97 Å². The molecule has 0 bridgehead atoms. The molecule has 0 aliphatic heterocycles. The van der Waals surface area contributed by atoms with Gasteiger partial charge in [0.1, 0.15) is 22.2 Å². The zero-order valence-electron chi connectivity index (χ0n) is 18.0. The van der Waals surface area contributed by atoms with Crippen LogP contribution in [0.15, 0.2) is 46.5 Å². The lowest BCUT2D eigenvalue weighted by atomic mass is 10.1. The minimum Gasteiger partial charge on any atom is -0.496 e. The Balaban J connectivity index is 2.04. The maximum atomic E-state index is 12.1. The molecule has 0 aliphatic carbocycles. The molecule has 2 aromatic carbocycles. The van der Waals surface area contributed by atoms with E-state index in [0.717, 1.165) is 17.3 Å². The van der Waals surface area contributed by atoms with Crippen molar-refractivity contribution >= 4 is 35.4 Å². The van der Waals surface area contributed by atoms with Crippen molar-refractivity contribution < 1.29 is 24.1 Å². The third kappa shape index (κ3) is 5.00. The van der Waals surface area contributed by atoms with Crippen molar-refractivity contribution in [2.75, 3.05) is 21.3 Å². The van der Waals surface area contributed by atoms with Gasteiger partial charge in [0, 0.05) is 29.3 Å². The number of ether oxygens (including phenoxy) is 3. The number of methoxy groups -OCH3 is 3. The molecule has 0 atom stereocenters. The Morgan fingerprint density at radius 2 is 1.72 bits per heavy atom. The van der Waals surface area contributed by atoms with E-state index in [9.17, 15) is 9.90 Å². The summed E-state index contributed by atoms with van der Waals surface area (Å²) in [4.78, 5) is 12.1. The first-order chi connectivity index (χ1) is 15.4. The van der Waals surface area contributed by atoms with Crippen molar-refractivity contribution in [2.45, 2.75) is 18.6 Å². The van der Waals surface area contributed by atoms with Crippen LogP contribution >= 0.6 is 23.4 Å². The van der Waals surface area contributed by atoms with Crippen molar-refractivity contribution in [1.29, 1.82) is 0 Å². The van der Waals surface area contributed by atoms with Crippen LogP contribution in [0.5, 0.6) is 17.2 Å². The molecule has 0 saturated heterocycles. The Bertz CT molecular complexity index is 1120. The van der Waals surface area contributed by atoms with E-state index in [1.165, 1.54) is 27.4 Å². The lowest BCUT2D eigenvalue weighted by Gasteiger charge is -2.13. The van der Waals surface area contributed by atoms with Gasteiger partial charge in [0.25, 0.3) is 0 Å². The highest BCUT2D eigenvalue weighted by Gasteiger charge is 2.20. The second-order valence-corrected chi connectivity index (χ2v) is 7.86. The van der Waals surface area contributed by atoms with Crippen LogP contribution in [0.1, 0.15) is 12.5 Å². The van der Waals surface area contributed by atoms with E-state index in [4.69, 9.17) is 25.8 Å². The number of carboxylic acids is 1. The molecule has 3 aromatic rings. The summed E-state index contributed by atoms with van der Waals surface area (Å²) in [5.74, 6) is 0.863. The van der Waals surface area contributed by atoms with E-state index in [1.807, 2.05) is 23.6 Å². The number of benzene rings is 2. The molecule has 0 radical (unpaired) electrons. The maximum absolute atomic E-state index is 12.1. The summed E-state index contributed by atoms with van der Waals surface area (Å²) in [6.07, 6.45) is 1.49. The number of carboxylic acid groups (broad SMARTS) is 1. The van der Waals surface area contributed by atoms with Crippen LogP contribution in [-0.4, -0.2) is 47.2 Å². The highest BCUT2D eigenvalue weighted by atomic mass is 35.5. The predicted octanol–water partition coefficient (Wildman–Crippen LogP) is 4.86. The van der Waals surface area contributed by atoms with E-state index < -0.39 is 5.97 Å². The predicted molar refractivity (Wildman–Crippen MR) is 124 cm³/mol. The fourth-order valence-corrected chi connectivity index (χ4v) is 4.00. The SMILES string of the molecule is CCn1c(S/C(=C\c2c(OC)cc(OC)cc2OC)C(=O)O)nnc1-c1ccc(Cl)cc1. The minimum absolute atomic E-state index is 0.0246. The van der Waals surface area contributed by atoms with Crippen LogP contribution < -0.4 is 14.2 Å². The van der Waals surface area contributed by atoms with Gasteiger partial charge in [0.2, 0.25) is 0 Å². The second-order valence-electron chi connectivity index (χ2n) is 6.42. The van der Waals surface area contributed by atoms with E-state index in [0.29, 0.717) is 45.4 Å².